The second kappa shape index (κ2) is 5.65. The third kappa shape index (κ3) is 3.03. The molecular weight excluding hydrogens is 198 g/mol. The van der Waals surface area contributed by atoms with E-state index in [1.165, 1.54) is 0 Å². The first-order chi connectivity index (χ1) is 6.75. The normalized spacial score (nSPS) is 12.4. The number of rotatable bonds is 5. The fraction of sp³-hybridized carbons (Fsp3) is 0.400. The summed E-state index contributed by atoms with van der Waals surface area (Å²) in [7, 11) is 0. The van der Waals surface area contributed by atoms with Gasteiger partial charge in [0.2, 0.25) is 6.04 Å². The van der Waals surface area contributed by atoms with Gasteiger partial charge in [-0.15, -0.1) is 0 Å². The van der Waals surface area contributed by atoms with Crippen LogP contribution in [0, 0.1) is 10.1 Å². The van der Waals surface area contributed by atoms with Gasteiger partial charge in [0.1, 0.15) is 0 Å². The number of hydrogen-bond donors (Lipinski definition) is 1. The van der Waals surface area contributed by atoms with Crippen LogP contribution >= 0.6 is 12.6 Å². The largest absolute Gasteiger partial charge is 0.264 e. The molecule has 3 nitrogen and oxygen atoms in total. The lowest BCUT2D eigenvalue weighted by Gasteiger charge is -2.08. The second-order valence-corrected chi connectivity index (χ2v) is 3.52. The van der Waals surface area contributed by atoms with Gasteiger partial charge < -0.3 is 0 Å². The maximum absolute atomic E-state index is 10.8. The Morgan fingerprint density at radius 1 is 1.36 bits per heavy atom. The van der Waals surface area contributed by atoms with E-state index < -0.39 is 6.04 Å². The van der Waals surface area contributed by atoms with Gasteiger partial charge in [0.25, 0.3) is 0 Å². The maximum atomic E-state index is 10.8. The van der Waals surface area contributed by atoms with Crippen LogP contribution in [-0.2, 0) is 0 Å². The highest BCUT2D eigenvalue weighted by Gasteiger charge is 2.20. The molecule has 0 spiro atoms. The van der Waals surface area contributed by atoms with E-state index in [1.807, 2.05) is 18.2 Å². The number of nitrogens with zero attached hydrogens (tertiary/aromatic N) is 1. The Hall–Kier alpha value is -1.03. The molecule has 0 amide bonds. The Labute approximate surface area is 88.7 Å². The lowest BCUT2D eigenvalue weighted by Crippen LogP contribution is -2.10. The van der Waals surface area contributed by atoms with Crippen molar-refractivity contribution in [1.82, 2.24) is 0 Å². The Kier molecular flexibility index (Phi) is 4.46. The summed E-state index contributed by atoms with van der Waals surface area (Å²) in [5.74, 6) is 0.692. The average molecular weight is 211 g/mol. The summed E-state index contributed by atoms with van der Waals surface area (Å²) < 4.78 is 0. The van der Waals surface area contributed by atoms with Crippen molar-refractivity contribution >= 4 is 12.6 Å². The van der Waals surface area contributed by atoms with E-state index in [0.29, 0.717) is 12.2 Å². The molecule has 0 radical (unpaired) electrons. The Balaban J connectivity index is 2.73. The molecule has 0 heterocycles. The van der Waals surface area contributed by atoms with Crippen molar-refractivity contribution in [1.29, 1.82) is 0 Å². The lowest BCUT2D eigenvalue weighted by atomic mass is 10.0. The van der Waals surface area contributed by atoms with Gasteiger partial charge in [0.15, 0.2) is 0 Å². The van der Waals surface area contributed by atoms with Crippen LogP contribution in [0.3, 0.4) is 0 Å². The molecule has 0 saturated heterocycles. The van der Waals surface area contributed by atoms with Gasteiger partial charge in [-0.3, -0.25) is 10.1 Å². The highest BCUT2D eigenvalue weighted by atomic mass is 32.1. The zero-order chi connectivity index (χ0) is 10.4. The van der Waals surface area contributed by atoms with E-state index in [2.05, 4.69) is 12.6 Å². The van der Waals surface area contributed by atoms with Gasteiger partial charge in [0.05, 0.1) is 0 Å². The molecular formula is C10H13NO2S. The molecule has 76 valence electrons. The molecule has 0 bridgehead atoms. The van der Waals surface area contributed by atoms with Crippen LogP contribution in [0.2, 0.25) is 0 Å². The first-order valence-corrected chi connectivity index (χ1v) is 5.18. The predicted molar refractivity (Wildman–Crippen MR) is 59.3 cm³/mol. The second-order valence-electron chi connectivity index (χ2n) is 3.08. The van der Waals surface area contributed by atoms with Crippen molar-refractivity contribution in [2.75, 3.05) is 5.75 Å². The molecule has 14 heavy (non-hydrogen) atoms. The first kappa shape index (κ1) is 11.0. The number of hydrogen-bond acceptors (Lipinski definition) is 3. The third-order valence-corrected chi connectivity index (χ3v) is 2.39. The standard InChI is InChI=1S/C10H13NO2S/c12-11(13)10(7-4-8-14)9-5-2-1-3-6-9/h1-3,5-6,10,14H,4,7-8H2. The molecule has 4 heteroatoms. The van der Waals surface area contributed by atoms with E-state index in [9.17, 15) is 10.1 Å². The topological polar surface area (TPSA) is 43.1 Å². The zero-order valence-corrected chi connectivity index (χ0v) is 8.69. The molecule has 0 aliphatic carbocycles. The minimum Gasteiger partial charge on any atom is -0.264 e. The van der Waals surface area contributed by atoms with Gasteiger partial charge in [0, 0.05) is 16.9 Å². The van der Waals surface area contributed by atoms with Crippen molar-refractivity contribution in [2.45, 2.75) is 18.9 Å². The van der Waals surface area contributed by atoms with Crippen LogP contribution in [-0.4, -0.2) is 10.7 Å². The Morgan fingerprint density at radius 2 is 2.00 bits per heavy atom. The summed E-state index contributed by atoms with van der Waals surface area (Å²) >= 11 is 4.05. The smallest absolute Gasteiger partial charge is 0.238 e. The van der Waals surface area contributed by atoms with Gasteiger partial charge in [-0.05, 0) is 12.2 Å². The van der Waals surface area contributed by atoms with E-state index in [0.717, 1.165) is 12.0 Å². The molecule has 0 N–H and O–H groups in total. The summed E-state index contributed by atoms with van der Waals surface area (Å²) in [6.45, 7) is 0. The SMILES string of the molecule is O=[N+]([O-])C(CCCS)c1ccccc1. The highest BCUT2D eigenvalue weighted by molar-refractivity contribution is 7.80. The summed E-state index contributed by atoms with van der Waals surface area (Å²) in [5, 5.41) is 10.8. The molecule has 0 saturated carbocycles. The molecule has 0 aliphatic rings. The third-order valence-electron chi connectivity index (χ3n) is 2.07. The van der Waals surface area contributed by atoms with Gasteiger partial charge >= 0.3 is 0 Å². The fourth-order valence-electron chi connectivity index (χ4n) is 1.35. The monoisotopic (exact) mass is 211 g/mol. The summed E-state index contributed by atoms with van der Waals surface area (Å²) in [5.41, 5.74) is 0.777. The van der Waals surface area contributed by atoms with Crippen molar-refractivity contribution in [2.24, 2.45) is 0 Å². The highest BCUT2D eigenvalue weighted by Crippen LogP contribution is 2.21. The average Bonchev–Trinajstić information content (AvgIpc) is 2.19. The van der Waals surface area contributed by atoms with E-state index in [-0.39, 0.29) is 4.92 Å². The molecule has 1 atom stereocenters. The zero-order valence-electron chi connectivity index (χ0n) is 7.80. The van der Waals surface area contributed by atoms with Crippen LogP contribution in [0.4, 0.5) is 0 Å². The predicted octanol–water partition coefficient (Wildman–Crippen LogP) is 2.71. The Morgan fingerprint density at radius 3 is 2.50 bits per heavy atom. The van der Waals surface area contributed by atoms with Crippen LogP contribution in [0.5, 0.6) is 0 Å². The summed E-state index contributed by atoms with van der Waals surface area (Å²) in [6.07, 6.45) is 1.32. The molecule has 1 unspecified atom stereocenters. The summed E-state index contributed by atoms with van der Waals surface area (Å²) in [4.78, 5) is 10.6. The van der Waals surface area contributed by atoms with E-state index in [4.69, 9.17) is 0 Å². The van der Waals surface area contributed by atoms with Crippen LogP contribution in [0.1, 0.15) is 24.4 Å². The molecule has 1 aromatic rings. The molecule has 1 aromatic carbocycles. The van der Waals surface area contributed by atoms with Crippen LogP contribution < -0.4 is 0 Å². The van der Waals surface area contributed by atoms with Gasteiger partial charge in [-0.25, -0.2) is 0 Å². The minimum atomic E-state index is -0.580. The Bertz CT molecular complexity index is 289. The van der Waals surface area contributed by atoms with Crippen LogP contribution in [0.25, 0.3) is 0 Å². The lowest BCUT2D eigenvalue weighted by molar-refractivity contribution is -0.530. The summed E-state index contributed by atoms with van der Waals surface area (Å²) in [6, 6.07) is 8.53. The molecule has 1 rings (SSSR count). The van der Waals surface area contributed by atoms with E-state index >= 15 is 0 Å². The quantitative estimate of drug-likeness (QED) is 0.462. The minimum absolute atomic E-state index is 0.223. The van der Waals surface area contributed by atoms with E-state index in [1.54, 1.807) is 12.1 Å². The van der Waals surface area contributed by atoms with Crippen LogP contribution in [0.15, 0.2) is 30.3 Å². The maximum Gasteiger partial charge on any atom is 0.238 e. The molecule has 0 fully saturated rings. The fourth-order valence-corrected chi connectivity index (χ4v) is 1.54. The molecule has 0 aromatic heterocycles. The number of benzene rings is 1. The van der Waals surface area contributed by atoms with Crippen molar-refractivity contribution in [3.63, 3.8) is 0 Å². The number of thiol groups is 1. The molecule has 0 aliphatic heterocycles. The van der Waals surface area contributed by atoms with Crippen molar-refractivity contribution in [3.8, 4) is 0 Å². The van der Waals surface area contributed by atoms with Gasteiger partial charge in [-0.2, -0.15) is 12.6 Å². The van der Waals surface area contributed by atoms with Crippen molar-refractivity contribution < 1.29 is 4.92 Å². The van der Waals surface area contributed by atoms with Gasteiger partial charge in [-0.1, -0.05) is 30.3 Å². The van der Waals surface area contributed by atoms with Crippen molar-refractivity contribution in [3.05, 3.63) is 46.0 Å². The number of nitro groups is 1. The first-order valence-electron chi connectivity index (χ1n) is 4.55.